The topological polar surface area (TPSA) is 70.2 Å². The van der Waals surface area contributed by atoms with Gasteiger partial charge in [-0.15, -0.1) is 11.6 Å². The Kier molecular flexibility index (Phi) is 3.56. The summed E-state index contributed by atoms with van der Waals surface area (Å²) in [5, 5.41) is 8.90. The van der Waals surface area contributed by atoms with E-state index in [0.717, 1.165) is 12.3 Å². The first-order valence-corrected chi connectivity index (χ1v) is 6.46. The van der Waals surface area contributed by atoms with Crippen LogP contribution in [0.2, 0.25) is 0 Å². The average molecular weight is 298 g/mol. The molecule has 0 saturated heterocycles. The number of aromatic nitrogens is 1. The number of alkyl halides is 1. The molecule has 20 heavy (non-hydrogen) atoms. The van der Waals surface area contributed by atoms with Crippen LogP contribution in [0.4, 0.5) is 4.39 Å². The molecule has 106 valence electrons. The van der Waals surface area contributed by atoms with Gasteiger partial charge in [-0.25, -0.2) is 9.18 Å². The number of aromatic amines is 1. The summed E-state index contributed by atoms with van der Waals surface area (Å²) < 4.78 is 14.2. The Bertz CT molecular complexity index is 752. The van der Waals surface area contributed by atoms with E-state index in [4.69, 9.17) is 16.7 Å². The smallest absolute Gasteiger partial charge is 0.341 e. The lowest BCUT2D eigenvalue weighted by molar-refractivity contribution is 0.0695. The first-order chi connectivity index (χ1) is 9.27. The van der Waals surface area contributed by atoms with Gasteiger partial charge in [0, 0.05) is 28.4 Å². The van der Waals surface area contributed by atoms with Gasteiger partial charge in [0.1, 0.15) is 11.4 Å². The zero-order chi connectivity index (χ0) is 15.1. The minimum absolute atomic E-state index is 0.0107. The van der Waals surface area contributed by atoms with Crippen molar-refractivity contribution in [3.63, 3.8) is 0 Å². The molecule has 0 bridgehead atoms. The van der Waals surface area contributed by atoms with Gasteiger partial charge < -0.3 is 10.1 Å². The summed E-state index contributed by atoms with van der Waals surface area (Å²) in [6.07, 6.45) is 1.11. The Morgan fingerprint density at radius 3 is 2.65 bits per heavy atom. The largest absolute Gasteiger partial charge is 0.477 e. The van der Waals surface area contributed by atoms with Gasteiger partial charge in [-0.05, 0) is 17.7 Å². The lowest BCUT2D eigenvalue weighted by Gasteiger charge is -2.23. The van der Waals surface area contributed by atoms with E-state index in [0.29, 0.717) is 11.1 Å². The highest BCUT2D eigenvalue weighted by Gasteiger charge is 2.24. The number of carboxylic acid groups (broad SMARTS) is 1. The molecule has 0 aliphatic rings. The van der Waals surface area contributed by atoms with Gasteiger partial charge in [0.05, 0.1) is 0 Å². The quantitative estimate of drug-likeness (QED) is 0.856. The van der Waals surface area contributed by atoms with Crippen LogP contribution in [0, 0.1) is 5.82 Å². The fraction of sp³-hybridized carbons (Fsp3) is 0.286. The summed E-state index contributed by atoms with van der Waals surface area (Å²) >= 11 is 5.83. The molecule has 0 radical (unpaired) electrons. The number of benzene rings is 1. The van der Waals surface area contributed by atoms with Crippen molar-refractivity contribution in [3.8, 4) is 0 Å². The maximum Gasteiger partial charge on any atom is 0.341 e. The minimum Gasteiger partial charge on any atom is -0.477 e. The maximum absolute atomic E-state index is 14.2. The van der Waals surface area contributed by atoms with Gasteiger partial charge in [0.2, 0.25) is 5.43 Å². The molecule has 2 rings (SSSR count). The Balaban J connectivity index is 2.79. The molecule has 0 saturated carbocycles. The molecule has 2 N–H and O–H groups in total. The molecule has 0 fully saturated rings. The third-order valence-electron chi connectivity index (χ3n) is 3.26. The number of rotatable bonds is 3. The second-order valence-electron chi connectivity index (χ2n) is 5.23. The predicted molar refractivity (Wildman–Crippen MR) is 75.2 cm³/mol. The number of halogens is 2. The van der Waals surface area contributed by atoms with Gasteiger partial charge in [0.25, 0.3) is 0 Å². The Labute approximate surface area is 119 Å². The Hall–Kier alpha value is -1.88. The first-order valence-electron chi connectivity index (χ1n) is 5.92. The summed E-state index contributed by atoms with van der Waals surface area (Å²) in [7, 11) is 0. The number of carbonyl (C=O) groups is 1. The normalized spacial score (nSPS) is 11.8. The van der Waals surface area contributed by atoms with Crippen molar-refractivity contribution < 1.29 is 14.3 Å². The van der Waals surface area contributed by atoms with Crippen LogP contribution >= 0.6 is 11.6 Å². The van der Waals surface area contributed by atoms with Crippen LogP contribution in [-0.2, 0) is 5.41 Å². The molecular formula is C14H13ClFNO3. The van der Waals surface area contributed by atoms with E-state index in [-0.39, 0.29) is 11.3 Å². The van der Waals surface area contributed by atoms with Crippen LogP contribution in [0.15, 0.2) is 23.1 Å². The fourth-order valence-corrected chi connectivity index (χ4v) is 2.13. The summed E-state index contributed by atoms with van der Waals surface area (Å²) in [4.78, 5) is 25.6. The van der Waals surface area contributed by atoms with E-state index in [1.54, 1.807) is 13.8 Å². The Morgan fingerprint density at radius 2 is 2.10 bits per heavy atom. The number of hydrogen-bond acceptors (Lipinski definition) is 2. The van der Waals surface area contributed by atoms with Gasteiger partial charge in [0.15, 0.2) is 0 Å². The van der Waals surface area contributed by atoms with Crippen molar-refractivity contribution in [3.05, 3.63) is 45.5 Å². The molecule has 1 aromatic carbocycles. The molecule has 0 aliphatic carbocycles. The monoisotopic (exact) mass is 297 g/mol. The molecule has 4 nitrogen and oxygen atoms in total. The third kappa shape index (κ3) is 2.29. The summed E-state index contributed by atoms with van der Waals surface area (Å²) in [6, 6.07) is 2.56. The molecule has 1 aromatic heterocycles. The fourth-order valence-electron chi connectivity index (χ4n) is 1.99. The second-order valence-corrected chi connectivity index (χ2v) is 5.50. The number of nitrogens with one attached hydrogen (secondary N) is 1. The number of H-pyrrole nitrogens is 1. The SMILES string of the molecule is CC(C)(CCl)c1cc2[nH]cc(C(=O)O)c(=O)c2cc1F. The van der Waals surface area contributed by atoms with Crippen molar-refractivity contribution >= 4 is 28.5 Å². The molecule has 1 heterocycles. The molecule has 6 heteroatoms. The number of fused-ring (bicyclic) bond motifs is 1. The first kappa shape index (κ1) is 14.5. The van der Waals surface area contributed by atoms with E-state index < -0.39 is 28.2 Å². The lowest BCUT2D eigenvalue weighted by Crippen LogP contribution is -2.22. The van der Waals surface area contributed by atoms with Crippen molar-refractivity contribution in [1.82, 2.24) is 4.98 Å². The summed E-state index contributed by atoms with van der Waals surface area (Å²) in [6.45, 7) is 3.57. The zero-order valence-corrected chi connectivity index (χ0v) is 11.7. The van der Waals surface area contributed by atoms with Crippen LogP contribution in [-0.4, -0.2) is 21.9 Å². The summed E-state index contributed by atoms with van der Waals surface area (Å²) in [5.74, 6) is -1.71. The van der Waals surface area contributed by atoms with Crippen LogP contribution < -0.4 is 5.43 Å². The second kappa shape index (κ2) is 4.90. The molecule has 0 unspecified atom stereocenters. The molecule has 0 amide bonds. The molecule has 0 spiro atoms. The Morgan fingerprint density at radius 1 is 1.45 bits per heavy atom. The molecule has 2 aromatic rings. The third-order valence-corrected chi connectivity index (χ3v) is 3.93. The van der Waals surface area contributed by atoms with E-state index in [1.807, 2.05) is 0 Å². The van der Waals surface area contributed by atoms with E-state index >= 15 is 0 Å². The number of aromatic carboxylic acids is 1. The van der Waals surface area contributed by atoms with Crippen molar-refractivity contribution in [1.29, 1.82) is 0 Å². The lowest BCUT2D eigenvalue weighted by atomic mass is 9.85. The number of hydrogen-bond donors (Lipinski definition) is 2. The average Bonchev–Trinajstić information content (AvgIpc) is 2.38. The van der Waals surface area contributed by atoms with Crippen molar-refractivity contribution in [2.75, 3.05) is 5.88 Å². The zero-order valence-electron chi connectivity index (χ0n) is 11.0. The van der Waals surface area contributed by atoms with Gasteiger partial charge >= 0.3 is 5.97 Å². The van der Waals surface area contributed by atoms with Crippen molar-refractivity contribution in [2.24, 2.45) is 0 Å². The molecule has 0 aliphatic heterocycles. The van der Waals surface area contributed by atoms with Gasteiger partial charge in [-0.2, -0.15) is 0 Å². The number of carboxylic acids is 1. The molecule has 0 atom stereocenters. The van der Waals surface area contributed by atoms with Crippen LogP contribution in [0.5, 0.6) is 0 Å². The minimum atomic E-state index is -1.35. The van der Waals surface area contributed by atoms with E-state index in [1.165, 1.54) is 6.07 Å². The molecular weight excluding hydrogens is 285 g/mol. The maximum atomic E-state index is 14.2. The van der Waals surface area contributed by atoms with Crippen LogP contribution in [0.3, 0.4) is 0 Å². The highest BCUT2D eigenvalue weighted by molar-refractivity contribution is 6.18. The van der Waals surface area contributed by atoms with Gasteiger partial charge in [-0.1, -0.05) is 13.8 Å². The van der Waals surface area contributed by atoms with Crippen LogP contribution in [0.25, 0.3) is 10.9 Å². The highest BCUT2D eigenvalue weighted by atomic mass is 35.5. The van der Waals surface area contributed by atoms with Gasteiger partial charge in [-0.3, -0.25) is 4.79 Å². The number of pyridine rings is 1. The summed E-state index contributed by atoms with van der Waals surface area (Å²) in [5.41, 5.74) is -0.961. The highest BCUT2D eigenvalue weighted by Crippen LogP contribution is 2.29. The van der Waals surface area contributed by atoms with Crippen LogP contribution in [0.1, 0.15) is 29.8 Å². The van der Waals surface area contributed by atoms with Crippen molar-refractivity contribution in [2.45, 2.75) is 19.3 Å². The standard InChI is InChI=1S/C14H13ClFNO3/c1-14(2,6-15)9-4-11-7(3-10(9)16)12(18)8(5-17-11)13(19)20/h3-5H,6H2,1-2H3,(H,17,18)(H,19,20). The van der Waals surface area contributed by atoms with E-state index in [2.05, 4.69) is 4.98 Å². The van der Waals surface area contributed by atoms with E-state index in [9.17, 15) is 14.0 Å². The predicted octanol–water partition coefficient (Wildman–Crippen LogP) is 2.88.